The summed E-state index contributed by atoms with van der Waals surface area (Å²) in [6, 6.07) is 0. The Morgan fingerprint density at radius 1 is 0.857 bits per heavy atom. The number of unbranched alkanes of at least 4 members (excludes halogenated alkanes) is 12. The van der Waals surface area contributed by atoms with Crippen molar-refractivity contribution in [1.29, 1.82) is 0 Å². The molecule has 0 heterocycles. The van der Waals surface area contributed by atoms with Crippen LogP contribution in [0.4, 0.5) is 0 Å². The molecule has 28 heavy (non-hydrogen) atoms. The zero-order chi connectivity index (χ0) is 21.0. The number of halogens is 1. The van der Waals surface area contributed by atoms with Crippen LogP contribution >= 0.6 is 15.9 Å². The molecular weight excluding hydrogens is 414 g/mol. The Morgan fingerprint density at radius 3 is 1.71 bits per heavy atom. The van der Waals surface area contributed by atoms with Gasteiger partial charge in [0.1, 0.15) is 0 Å². The van der Waals surface area contributed by atoms with Crippen molar-refractivity contribution < 1.29 is 4.74 Å². The molecule has 0 aliphatic rings. The standard InChI is InChI=1S/C23H44BrN3O/c1-6-8-9-10-11-12-13-14-15-16-17-18-19-20-28-22(21(24)7-2)26-23(25-3)27(4)5/h7H,6,8-20H2,1-5H3/b21-7-,25-23+,26-22+. The third kappa shape index (κ3) is 15.1. The molecule has 0 aromatic carbocycles. The Labute approximate surface area is 183 Å². The Morgan fingerprint density at radius 2 is 1.32 bits per heavy atom. The van der Waals surface area contributed by atoms with Gasteiger partial charge < -0.3 is 9.64 Å². The van der Waals surface area contributed by atoms with Crippen LogP contribution in [-0.4, -0.2) is 44.5 Å². The number of aliphatic imine (C=N–C) groups is 2. The van der Waals surface area contributed by atoms with Crippen LogP contribution < -0.4 is 0 Å². The van der Waals surface area contributed by atoms with Gasteiger partial charge in [-0.3, -0.25) is 4.99 Å². The van der Waals surface area contributed by atoms with Crippen LogP contribution in [0.3, 0.4) is 0 Å². The van der Waals surface area contributed by atoms with Gasteiger partial charge in [-0.2, -0.15) is 4.99 Å². The molecule has 0 fully saturated rings. The Kier molecular flexibility index (Phi) is 18.9. The van der Waals surface area contributed by atoms with E-state index in [2.05, 4.69) is 32.8 Å². The quantitative estimate of drug-likeness (QED) is 0.146. The number of guanidine groups is 1. The fourth-order valence-corrected chi connectivity index (χ4v) is 3.21. The Balaban J connectivity index is 3.80. The Bertz CT molecular complexity index is 459. The second-order valence-electron chi connectivity index (χ2n) is 7.56. The van der Waals surface area contributed by atoms with Crippen molar-refractivity contribution in [2.75, 3.05) is 27.7 Å². The third-order valence-corrected chi connectivity index (χ3v) is 5.54. The maximum Gasteiger partial charge on any atom is 0.230 e. The van der Waals surface area contributed by atoms with Crippen molar-refractivity contribution in [2.24, 2.45) is 9.98 Å². The predicted molar refractivity (Wildman–Crippen MR) is 129 cm³/mol. The molecule has 4 nitrogen and oxygen atoms in total. The molecule has 0 saturated carbocycles. The Hall–Kier alpha value is -0.840. The molecule has 0 atom stereocenters. The van der Waals surface area contributed by atoms with Crippen molar-refractivity contribution in [2.45, 2.75) is 97.3 Å². The van der Waals surface area contributed by atoms with Crippen LogP contribution in [0.1, 0.15) is 97.3 Å². The summed E-state index contributed by atoms with van der Waals surface area (Å²) in [4.78, 5) is 10.6. The molecule has 0 spiro atoms. The second-order valence-corrected chi connectivity index (χ2v) is 8.42. The zero-order valence-electron chi connectivity index (χ0n) is 19.1. The average Bonchev–Trinajstić information content (AvgIpc) is 2.69. The van der Waals surface area contributed by atoms with Gasteiger partial charge >= 0.3 is 0 Å². The van der Waals surface area contributed by atoms with Gasteiger partial charge in [-0.05, 0) is 29.3 Å². The van der Waals surface area contributed by atoms with Crippen LogP contribution in [-0.2, 0) is 4.74 Å². The minimum absolute atomic E-state index is 0.607. The van der Waals surface area contributed by atoms with E-state index in [0.29, 0.717) is 18.5 Å². The molecule has 0 radical (unpaired) electrons. The fraction of sp³-hybridized carbons (Fsp3) is 0.826. The van der Waals surface area contributed by atoms with Crippen LogP contribution in [0.15, 0.2) is 20.5 Å². The summed E-state index contributed by atoms with van der Waals surface area (Å²) in [7, 11) is 5.60. The lowest BCUT2D eigenvalue weighted by atomic mass is 10.0. The van der Waals surface area contributed by atoms with Crippen LogP contribution in [0.2, 0.25) is 0 Å². The summed E-state index contributed by atoms with van der Waals surface area (Å²) >= 11 is 3.52. The minimum atomic E-state index is 0.607. The highest BCUT2D eigenvalue weighted by atomic mass is 79.9. The van der Waals surface area contributed by atoms with E-state index < -0.39 is 0 Å². The lowest BCUT2D eigenvalue weighted by Crippen LogP contribution is -2.22. The van der Waals surface area contributed by atoms with E-state index >= 15 is 0 Å². The SMILES string of the molecule is C/C=C(Br)/C(=N\C(=N/C)N(C)C)OCCCCCCCCCCCCCCC. The number of nitrogens with zero attached hydrogens (tertiary/aromatic N) is 3. The van der Waals surface area contributed by atoms with E-state index in [1.807, 2.05) is 32.0 Å². The van der Waals surface area contributed by atoms with E-state index in [1.54, 1.807) is 7.05 Å². The largest absolute Gasteiger partial charge is 0.477 e. The highest BCUT2D eigenvalue weighted by Crippen LogP contribution is 2.14. The van der Waals surface area contributed by atoms with Gasteiger partial charge in [0.25, 0.3) is 0 Å². The first-order valence-corrected chi connectivity index (χ1v) is 12.0. The van der Waals surface area contributed by atoms with Gasteiger partial charge in [0.2, 0.25) is 11.9 Å². The number of hydrogen-bond donors (Lipinski definition) is 0. The van der Waals surface area contributed by atoms with E-state index in [-0.39, 0.29) is 0 Å². The topological polar surface area (TPSA) is 37.2 Å². The molecule has 0 unspecified atom stereocenters. The second kappa shape index (κ2) is 19.5. The number of rotatable bonds is 15. The predicted octanol–water partition coefficient (Wildman–Crippen LogP) is 7.34. The van der Waals surface area contributed by atoms with Gasteiger partial charge in [-0.25, -0.2) is 0 Å². The maximum atomic E-state index is 5.90. The zero-order valence-corrected chi connectivity index (χ0v) is 20.7. The molecule has 164 valence electrons. The first kappa shape index (κ1) is 27.2. The van der Waals surface area contributed by atoms with Crippen molar-refractivity contribution in [3.63, 3.8) is 0 Å². The summed E-state index contributed by atoms with van der Waals surface area (Å²) in [5, 5.41) is 0. The third-order valence-electron chi connectivity index (χ3n) is 4.75. The summed E-state index contributed by atoms with van der Waals surface area (Å²) in [6.45, 7) is 4.94. The maximum absolute atomic E-state index is 5.90. The smallest absolute Gasteiger partial charge is 0.230 e. The minimum Gasteiger partial charge on any atom is -0.477 e. The fourth-order valence-electron chi connectivity index (χ4n) is 3.01. The normalized spacial score (nSPS) is 13.1. The van der Waals surface area contributed by atoms with Crippen molar-refractivity contribution >= 4 is 27.8 Å². The molecule has 0 rings (SSSR count). The molecule has 0 aliphatic carbocycles. The average molecular weight is 459 g/mol. The molecule has 0 aromatic rings. The molecule has 0 N–H and O–H groups in total. The van der Waals surface area contributed by atoms with Gasteiger partial charge in [0, 0.05) is 21.1 Å². The summed E-state index contributed by atoms with van der Waals surface area (Å²) in [6.07, 6.45) is 19.6. The lowest BCUT2D eigenvalue weighted by molar-refractivity contribution is 0.294. The van der Waals surface area contributed by atoms with Gasteiger partial charge in [-0.15, -0.1) is 0 Å². The molecule has 5 heteroatoms. The number of ether oxygens (including phenoxy) is 1. The number of allylic oxidation sites excluding steroid dienone is 1. The van der Waals surface area contributed by atoms with Gasteiger partial charge in [0.05, 0.1) is 11.1 Å². The lowest BCUT2D eigenvalue weighted by Gasteiger charge is -2.13. The molecule has 0 saturated heterocycles. The van der Waals surface area contributed by atoms with Crippen LogP contribution in [0.25, 0.3) is 0 Å². The van der Waals surface area contributed by atoms with Crippen molar-refractivity contribution in [3.05, 3.63) is 10.6 Å². The number of hydrogen-bond acceptors (Lipinski definition) is 2. The van der Waals surface area contributed by atoms with E-state index in [1.165, 1.54) is 77.0 Å². The monoisotopic (exact) mass is 457 g/mol. The first-order valence-electron chi connectivity index (χ1n) is 11.2. The highest BCUT2D eigenvalue weighted by molar-refractivity contribution is 9.12. The molecule has 0 aliphatic heterocycles. The first-order chi connectivity index (χ1) is 13.6. The molecule has 0 amide bonds. The van der Waals surface area contributed by atoms with E-state index in [4.69, 9.17) is 4.74 Å². The summed E-state index contributed by atoms with van der Waals surface area (Å²) in [5.41, 5.74) is 0. The van der Waals surface area contributed by atoms with Gasteiger partial charge in [0.15, 0.2) is 0 Å². The van der Waals surface area contributed by atoms with Crippen molar-refractivity contribution in [1.82, 2.24) is 4.90 Å². The van der Waals surface area contributed by atoms with Crippen LogP contribution in [0, 0.1) is 0 Å². The van der Waals surface area contributed by atoms with Crippen molar-refractivity contribution in [3.8, 4) is 0 Å². The molecule has 0 aromatic heterocycles. The summed E-state index contributed by atoms with van der Waals surface area (Å²) < 4.78 is 6.77. The molecule has 0 bridgehead atoms. The van der Waals surface area contributed by atoms with Gasteiger partial charge in [-0.1, -0.05) is 90.0 Å². The van der Waals surface area contributed by atoms with E-state index in [9.17, 15) is 0 Å². The summed E-state index contributed by atoms with van der Waals surface area (Å²) in [5.74, 6) is 1.26. The molecular formula is C23H44BrN3O. The van der Waals surface area contributed by atoms with Crippen LogP contribution in [0.5, 0.6) is 0 Å². The highest BCUT2D eigenvalue weighted by Gasteiger charge is 2.08. The van der Waals surface area contributed by atoms with E-state index in [0.717, 1.165) is 10.9 Å².